The number of anilines is 1. The highest BCUT2D eigenvalue weighted by Crippen LogP contribution is 2.25. The average molecular weight is 437 g/mol. The fourth-order valence-corrected chi connectivity index (χ4v) is 4.74. The van der Waals surface area contributed by atoms with E-state index in [-0.39, 0.29) is 16.8 Å². The monoisotopic (exact) mass is 436 g/mol. The maximum absolute atomic E-state index is 13.0. The average Bonchev–Trinajstić information content (AvgIpc) is 2.72. The molecule has 3 aromatic carbocycles. The molecule has 1 atom stereocenters. The molecule has 0 aliphatic heterocycles. The molecule has 0 aromatic heterocycles. The molecular formula is C25H28N2O3S. The molecule has 0 saturated carbocycles. The van der Waals surface area contributed by atoms with Crippen LogP contribution in [0.1, 0.15) is 51.1 Å². The van der Waals surface area contributed by atoms with Crippen molar-refractivity contribution in [2.24, 2.45) is 0 Å². The molecule has 31 heavy (non-hydrogen) atoms. The van der Waals surface area contributed by atoms with E-state index in [4.69, 9.17) is 0 Å². The van der Waals surface area contributed by atoms with Gasteiger partial charge in [-0.3, -0.25) is 9.52 Å². The van der Waals surface area contributed by atoms with Crippen LogP contribution in [-0.2, 0) is 10.0 Å². The third-order valence-corrected chi connectivity index (χ3v) is 6.95. The molecule has 0 bridgehead atoms. The van der Waals surface area contributed by atoms with Crippen LogP contribution >= 0.6 is 0 Å². The molecule has 0 saturated heterocycles. The van der Waals surface area contributed by atoms with Gasteiger partial charge in [0, 0.05) is 5.56 Å². The number of carbonyl (C=O) groups is 1. The van der Waals surface area contributed by atoms with Crippen molar-refractivity contribution in [3.8, 4) is 0 Å². The van der Waals surface area contributed by atoms with Gasteiger partial charge in [-0.05, 0) is 86.7 Å². The van der Waals surface area contributed by atoms with E-state index < -0.39 is 10.0 Å². The zero-order valence-corrected chi connectivity index (χ0v) is 19.3. The molecule has 6 heteroatoms. The molecule has 0 aliphatic carbocycles. The first kappa shape index (κ1) is 22.6. The summed E-state index contributed by atoms with van der Waals surface area (Å²) in [5.41, 5.74) is 5.97. The summed E-state index contributed by atoms with van der Waals surface area (Å²) >= 11 is 0. The number of carbonyl (C=O) groups excluding carboxylic acids is 1. The molecule has 0 aliphatic rings. The van der Waals surface area contributed by atoms with Gasteiger partial charge >= 0.3 is 0 Å². The van der Waals surface area contributed by atoms with Crippen molar-refractivity contribution in [1.29, 1.82) is 0 Å². The summed E-state index contributed by atoms with van der Waals surface area (Å²) < 4.78 is 28.0. The van der Waals surface area contributed by atoms with E-state index >= 15 is 0 Å². The Balaban J connectivity index is 1.84. The number of hydrogen-bond acceptors (Lipinski definition) is 3. The molecule has 0 spiro atoms. The number of nitrogens with one attached hydrogen (secondary N) is 2. The fourth-order valence-electron chi connectivity index (χ4n) is 3.60. The predicted octanol–water partition coefficient (Wildman–Crippen LogP) is 5.21. The summed E-state index contributed by atoms with van der Waals surface area (Å²) in [5.74, 6) is -0.247. The maximum Gasteiger partial charge on any atom is 0.261 e. The zero-order valence-electron chi connectivity index (χ0n) is 18.5. The van der Waals surface area contributed by atoms with Crippen LogP contribution in [0.25, 0.3) is 0 Å². The van der Waals surface area contributed by atoms with Crippen LogP contribution < -0.4 is 10.0 Å². The van der Waals surface area contributed by atoms with Crippen LogP contribution in [0.15, 0.2) is 65.6 Å². The predicted molar refractivity (Wildman–Crippen MR) is 125 cm³/mol. The Labute approximate surface area is 184 Å². The lowest BCUT2D eigenvalue weighted by Gasteiger charge is -2.20. The molecule has 1 amide bonds. The van der Waals surface area contributed by atoms with E-state index in [0.29, 0.717) is 16.8 Å². The first-order valence-corrected chi connectivity index (χ1v) is 11.6. The lowest BCUT2D eigenvalue weighted by molar-refractivity contribution is 0.0939. The second-order valence-electron chi connectivity index (χ2n) is 7.88. The third-order valence-electron chi connectivity index (χ3n) is 5.57. The molecule has 162 valence electrons. The number of hydrogen-bond donors (Lipinski definition) is 2. The van der Waals surface area contributed by atoms with Gasteiger partial charge in [-0.2, -0.15) is 0 Å². The second-order valence-corrected chi connectivity index (χ2v) is 9.57. The van der Waals surface area contributed by atoms with Crippen molar-refractivity contribution >= 4 is 21.6 Å². The first-order chi connectivity index (χ1) is 14.6. The van der Waals surface area contributed by atoms with Crippen LogP contribution in [0.3, 0.4) is 0 Å². The smallest absolute Gasteiger partial charge is 0.261 e. The minimum atomic E-state index is -3.74. The van der Waals surface area contributed by atoms with Crippen LogP contribution in [-0.4, -0.2) is 14.3 Å². The first-order valence-electron chi connectivity index (χ1n) is 10.2. The fraction of sp³-hybridized carbons (Fsp3) is 0.240. The normalized spacial score (nSPS) is 12.3. The molecule has 3 aromatic rings. The Bertz CT molecular complexity index is 1220. The molecule has 3 rings (SSSR count). The molecule has 0 fully saturated rings. The third kappa shape index (κ3) is 4.97. The van der Waals surface area contributed by atoms with Crippen LogP contribution in [0.5, 0.6) is 0 Å². The highest BCUT2D eigenvalue weighted by molar-refractivity contribution is 7.92. The van der Waals surface area contributed by atoms with E-state index in [0.717, 1.165) is 11.1 Å². The summed E-state index contributed by atoms with van der Waals surface area (Å²) in [6, 6.07) is 17.2. The van der Waals surface area contributed by atoms with Crippen molar-refractivity contribution < 1.29 is 13.2 Å². The van der Waals surface area contributed by atoms with Crippen molar-refractivity contribution in [2.75, 3.05) is 4.72 Å². The van der Waals surface area contributed by atoms with Crippen LogP contribution in [0.4, 0.5) is 5.69 Å². The van der Waals surface area contributed by atoms with E-state index in [2.05, 4.69) is 36.0 Å². The second kappa shape index (κ2) is 8.94. The molecule has 5 nitrogen and oxygen atoms in total. The molecular weight excluding hydrogens is 408 g/mol. The lowest BCUT2D eigenvalue weighted by atomic mass is 9.96. The van der Waals surface area contributed by atoms with Crippen LogP contribution in [0.2, 0.25) is 0 Å². The van der Waals surface area contributed by atoms with Crippen molar-refractivity contribution in [2.45, 2.75) is 45.6 Å². The van der Waals surface area contributed by atoms with Gasteiger partial charge in [0.25, 0.3) is 15.9 Å². The SMILES string of the molecule is Cc1cc(C)c([C@H](C)NC(=O)c2cccc(NS(=O)(=O)c3ccccc3)c2C)cc1C. The van der Waals surface area contributed by atoms with E-state index in [1.54, 1.807) is 43.3 Å². The van der Waals surface area contributed by atoms with Gasteiger partial charge in [0.2, 0.25) is 0 Å². The topological polar surface area (TPSA) is 75.3 Å². The summed E-state index contributed by atoms with van der Waals surface area (Å²) in [6.45, 7) is 9.85. The van der Waals surface area contributed by atoms with E-state index in [9.17, 15) is 13.2 Å². The highest BCUT2D eigenvalue weighted by Gasteiger charge is 2.19. The Morgan fingerprint density at radius 2 is 1.48 bits per heavy atom. The standard InChI is InChI=1S/C25H28N2O3S/c1-16-14-18(3)23(15-17(16)2)20(5)26-25(28)22-12-9-13-24(19(22)4)27-31(29,30)21-10-7-6-8-11-21/h6-15,20,27H,1-5H3,(H,26,28)/t20-/m0/s1. The highest BCUT2D eigenvalue weighted by atomic mass is 32.2. The molecule has 2 N–H and O–H groups in total. The number of aryl methyl sites for hydroxylation is 3. The zero-order chi connectivity index (χ0) is 22.8. The van der Waals surface area contributed by atoms with Crippen molar-refractivity contribution in [3.05, 3.63) is 94.0 Å². The van der Waals surface area contributed by atoms with Gasteiger partial charge in [-0.1, -0.05) is 36.4 Å². The Morgan fingerprint density at radius 1 is 0.839 bits per heavy atom. The van der Waals surface area contributed by atoms with E-state index in [1.165, 1.54) is 23.3 Å². The molecule has 0 unspecified atom stereocenters. The van der Waals surface area contributed by atoms with Gasteiger partial charge < -0.3 is 5.32 Å². The Morgan fingerprint density at radius 3 is 2.16 bits per heavy atom. The summed E-state index contributed by atoms with van der Waals surface area (Å²) in [5, 5.41) is 3.05. The van der Waals surface area contributed by atoms with Gasteiger partial charge in [-0.15, -0.1) is 0 Å². The number of sulfonamides is 1. The summed E-state index contributed by atoms with van der Waals surface area (Å²) in [4.78, 5) is 13.2. The van der Waals surface area contributed by atoms with Gasteiger partial charge in [0.15, 0.2) is 0 Å². The number of amides is 1. The maximum atomic E-state index is 13.0. The summed E-state index contributed by atoms with van der Waals surface area (Å²) in [6.07, 6.45) is 0. The van der Waals surface area contributed by atoms with Gasteiger partial charge in [0.05, 0.1) is 16.6 Å². The number of benzene rings is 3. The quantitative estimate of drug-likeness (QED) is 0.557. The Kier molecular flexibility index (Phi) is 6.51. The van der Waals surface area contributed by atoms with Crippen molar-refractivity contribution in [1.82, 2.24) is 5.32 Å². The minimum Gasteiger partial charge on any atom is -0.345 e. The molecule has 0 radical (unpaired) electrons. The number of rotatable bonds is 6. The van der Waals surface area contributed by atoms with Gasteiger partial charge in [-0.25, -0.2) is 8.42 Å². The van der Waals surface area contributed by atoms with Crippen LogP contribution in [0, 0.1) is 27.7 Å². The minimum absolute atomic E-state index is 0.170. The van der Waals surface area contributed by atoms with Gasteiger partial charge in [0.1, 0.15) is 0 Å². The van der Waals surface area contributed by atoms with Crippen molar-refractivity contribution in [3.63, 3.8) is 0 Å². The summed E-state index contributed by atoms with van der Waals surface area (Å²) in [7, 11) is -3.74. The largest absolute Gasteiger partial charge is 0.345 e. The molecule has 0 heterocycles. The lowest BCUT2D eigenvalue weighted by Crippen LogP contribution is -2.28. The van der Waals surface area contributed by atoms with E-state index in [1.807, 2.05) is 13.8 Å². The Hall–Kier alpha value is -3.12.